The van der Waals surface area contributed by atoms with Crippen molar-refractivity contribution in [2.45, 2.75) is 25.7 Å². The van der Waals surface area contributed by atoms with Crippen molar-refractivity contribution in [1.82, 2.24) is 9.13 Å². The molecule has 7 heteroatoms. The molecule has 3 rings (SSSR count). The molecule has 1 aromatic rings. The van der Waals surface area contributed by atoms with Crippen LogP contribution in [0.5, 0.6) is 0 Å². The predicted molar refractivity (Wildman–Crippen MR) is 72.7 cm³/mol. The van der Waals surface area contributed by atoms with E-state index in [9.17, 15) is 9.59 Å². The van der Waals surface area contributed by atoms with Gasteiger partial charge in [-0.3, -0.25) is 18.5 Å². The summed E-state index contributed by atoms with van der Waals surface area (Å²) in [4.78, 5) is 32.7. The third-order valence-corrected chi connectivity index (χ3v) is 3.92. The fourth-order valence-electron chi connectivity index (χ4n) is 2.67. The van der Waals surface area contributed by atoms with Crippen LogP contribution >= 0.6 is 0 Å². The average Bonchev–Trinajstić information content (AvgIpc) is 2.71. The van der Waals surface area contributed by atoms with Crippen LogP contribution in [0, 0.1) is 0 Å². The van der Waals surface area contributed by atoms with Crippen molar-refractivity contribution in [3.8, 4) is 0 Å². The summed E-state index contributed by atoms with van der Waals surface area (Å²) in [5.41, 5.74) is -0.376. The van der Waals surface area contributed by atoms with E-state index in [0.29, 0.717) is 11.4 Å². The maximum Gasteiger partial charge on any atom is 0.431 e. The van der Waals surface area contributed by atoms with Crippen molar-refractivity contribution in [3.63, 3.8) is 0 Å². The Bertz CT molecular complexity index is 818. The maximum absolute atomic E-state index is 12.1. The fraction of sp³-hybridized carbons (Fsp3) is 0.615. The maximum atomic E-state index is 12.1. The third kappa shape index (κ3) is 1.93. The van der Waals surface area contributed by atoms with E-state index in [4.69, 9.17) is 0 Å². The van der Waals surface area contributed by atoms with Gasteiger partial charge >= 0.3 is 17.2 Å². The number of fused-ring (bicyclic) bond motifs is 1. The van der Waals surface area contributed by atoms with Gasteiger partial charge in [-0.1, -0.05) is 17.8 Å². The zero-order chi connectivity index (χ0) is 14.3. The van der Waals surface area contributed by atoms with Crippen LogP contribution in [0.3, 0.4) is 0 Å². The van der Waals surface area contributed by atoms with Crippen molar-refractivity contribution >= 4 is 5.96 Å². The van der Waals surface area contributed by atoms with Gasteiger partial charge in [-0.15, -0.1) is 0 Å². The fourth-order valence-corrected chi connectivity index (χ4v) is 2.67. The molecular weight excluding hydrogens is 258 g/mol. The Morgan fingerprint density at radius 1 is 0.950 bits per heavy atom. The number of nitrogens with zero attached hydrogens (tertiary/aromatic N) is 5. The topological polar surface area (TPSA) is 71.7 Å². The van der Waals surface area contributed by atoms with Crippen LogP contribution < -0.4 is 22.1 Å². The normalized spacial score (nSPS) is 18.3. The first kappa shape index (κ1) is 13.0. The Labute approximate surface area is 115 Å². The van der Waals surface area contributed by atoms with Crippen molar-refractivity contribution in [1.29, 1.82) is 0 Å². The Balaban J connectivity index is 2.27. The molecule has 0 aromatic carbocycles. The molecule has 0 unspecified atom stereocenters. The van der Waals surface area contributed by atoms with Gasteiger partial charge in [-0.05, 0) is 17.8 Å². The molecule has 0 aliphatic carbocycles. The molecule has 0 spiro atoms. The lowest BCUT2D eigenvalue weighted by Crippen LogP contribution is -2.55. The largest absolute Gasteiger partial charge is 0.431 e. The van der Waals surface area contributed by atoms with E-state index in [1.54, 1.807) is 7.05 Å². The molecule has 0 saturated carbocycles. The van der Waals surface area contributed by atoms with Gasteiger partial charge in [0.05, 0.1) is 13.1 Å². The minimum Gasteiger partial charge on any atom is -0.265 e. The molecule has 0 bridgehead atoms. The number of rotatable bonds is 0. The highest BCUT2D eigenvalue weighted by atomic mass is 16.2. The van der Waals surface area contributed by atoms with Gasteiger partial charge in [0.2, 0.25) is 0 Å². The van der Waals surface area contributed by atoms with E-state index >= 15 is 0 Å². The summed E-state index contributed by atoms with van der Waals surface area (Å²) in [6.45, 7) is 1.81. The Kier molecular flexibility index (Phi) is 3.11. The van der Waals surface area contributed by atoms with E-state index in [-0.39, 0.29) is 16.6 Å². The van der Waals surface area contributed by atoms with Gasteiger partial charge in [-0.25, -0.2) is 4.79 Å². The molecule has 1 aromatic heterocycles. The summed E-state index contributed by atoms with van der Waals surface area (Å²) in [5, 5.41) is 0.272. The van der Waals surface area contributed by atoms with Crippen LogP contribution in [-0.2, 0) is 14.1 Å². The summed E-state index contributed by atoms with van der Waals surface area (Å²) in [5.74, 6) is 0.570. The van der Waals surface area contributed by atoms with Crippen LogP contribution in [0.15, 0.2) is 19.6 Å². The lowest BCUT2D eigenvalue weighted by Gasteiger charge is -2.01. The lowest BCUT2D eigenvalue weighted by molar-refractivity contribution is -0.527. The molecule has 3 heterocycles. The van der Waals surface area contributed by atoms with Crippen molar-refractivity contribution in [2.75, 3.05) is 13.1 Å². The second kappa shape index (κ2) is 4.81. The first-order valence-corrected chi connectivity index (χ1v) is 6.95. The van der Waals surface area contributed by atoms with Gasteiger partial charge in [0.15, 0.2) is 0 Å². The second-order valence-electron chi connectivity index (χ2n) is 5.30. The van der Waals surface area contributed by atoms with E-state index in [2.05, 4.69) is 14.6 Å². The zero-order valence-corrected chi connectivity index (χ0v) is 11.8. The van der Waals surface area contributed by atoms with Crippen molar-refractivity contribution in [2.24, 2.45) is 24.1 Å². The highest BCUT2D eigenvalue weighted by Crippen LogP contribution is 2.06. The van der Waals surface area contributed by atoms with Crippen LogP contribution in [0.4, 0.5) is 0 Å². The van der Waals surface area contributed by atoms with Gasteiger partial charge in [-0.2, -0.15) is 0 Å². The van der Waals surface area contributed by atoms with E-state index in [0.717, 1.165) is 30.5 Å². The monoisotopic (exact) mass is 276 g/mol. The highest BCUT2D eigenvalue weighted by Gasteiger charge is 2.24. The molecule has 1 saturated heterocycles. The molecule has 0 atom stereocenters. The molecule has 2 aliphatic heterocycles. The second-order valence-corrected chi connectivity index (χ2v) is 5.30. The Morgan fingerprint density at radius 2 is 1.60 bits per heavy atom. The molecule has 20 heavy (non-hydrogen) atoms. The summed E-state index contributed by atoms with van der Waals surface area (Å²) < 4.78 is 4.56. The van der Waals surface area contributed by atoms with E-state index in [1.807, 2.05) is 0 Å². The van der Waals surface area contributed by atoms with Crippen LogP contribution in [0.25, 0.3) is 0 Å². The summed E-state index contributed by atoms with van der Waals surface area (Å²) >= 11 is 0. The van der Waals surface area contributed by atoms with E-state index in [1.165, 1.54) is 24.5 Å². The number of hydrogen-bond donors (Lipinski definition) is 0. The zero-order valence-electron chi connectivity index (χ0n) is 11.8. The van der Waals surface area contributed by atoms with Gasteiger partial charge in [0, 0.05) is 14.1 Å². The van der Waals surface area contributed by atoms with Crippen molar-refractivity contribution < 1.29 is 4.58 Å². The predicted octanol–water partition coefficient (Wildman–Crippen LogP) is -1.72. The van der Waals surface area contributed by atoms with Gasteiger partial charge < -0.3 is 0 Å². The number of aromatic nitrogens is 2. The molecule has 106 valence electrons. The molecule has 0 amide bonds. The lowest BCUT2D eigenvalue weighted by atomic mass is 10.2. The summed E-state index contributed by atoms with van der Waals surface area (Å²) in [6.07, 6.45) is 4.66. The molecular formula is C13H18N5O2+. The minimum absolute atomic E-state index is 0.272. The molecule has 0 N–H and O–H groups in total. The molecule has 0 radical (unpaired) electrons. The van der Waals surface area contributed by atoms with Crippen LogP contribution in [0.2, 0.25) is 0 Å². The molecule has 1 fully saturated rings. The van der Waals surface area contributed by atoms with Crippen molar-refractivity contribution in [3.05, 3.63) is 31.7 Å². The highest BCUT2D eigenvalue weighted by molar-refractivity contribution is 5.78. The minimum atomic E-state index is -0.378. The molecule has 2 aliphatic rings. The first-order valence-electron chi connectivity index (χ1n) is 6.95. The average molecular weight is 276 g/mol. The standard InChI is InChI=1S/C13H18N5O2/c1-16-10-9(11(19)17(2)13(16)20)14-12(15-10)18-7-5-3-4-6-8-18/h3-8H2,1-2H3/q+1. The molecule has 7 nitrogen and oxygen atoms in total. The summed E-state index contributed by atoms with van der Waals surface area (Å²) in [7, 11) is 3.08. The first-order chi connectivity index (χ1) is 9.59. The van der Waals surface area contributed by atoms with Gasteiger partial charge in [0.1, 0.15) is 0 Å². The third-order valence-electron chi connectivity index (χ3n) is 3.92. The quantitative estimate of drug-likeness (QED) is 0.529. The van der Waals surface area contributed by atoms with Crippen LogP contribution in [0.1, 0.15) is 25.7 Å². The van der Waals surface area contributed by atoms with Gasteiger partial charge in [0.25, 0.3) is 10.8 Å². The SMILES string of the molecule is Cn1c(=O)c2c(n(C)c1=O)=NC(=[N+]1CCCCCC1)N=2. The van der Waals surface area contributed by atoms with Crippen LogP contribution in [-0.4, -0.2) is 32.8 Å². The number of guanidine groups is 1. The Morgan fingerprint density at radius 3 is 2.25 bits per heavy atom. The summed E-state index contributed by atoms with van der Waals surface area (Å²) in [6, 6.07) is 0. The number of hydrogen-bond acceptors (Lipinski definition) is 2. The smallest absolute Gasteiger partial charge is 0.265 e. The van der Waals surface area contributed by atoms with E-state index < -0.39 is 0 Å². The Hall–Kier alpha value is -2.05.